The van der Waals surface area contributed by atoms with Gasteiger partial charge in [-0.2, -0.15) is 18.4 Å². The fraction of sp³-hybridized carbons (Fsp3) is 0.300. The zero-order chi connectivity index (χ0) is 12.2. The molecule has 1 rings (SSSR count). The lowest BCUT2D eigenvalue weighted by Crippen LogP contribution is -2.09. The molecular formula is C10H9F3N2S. The van der Waals surface area contributed by atoms with E-state index in [2.05, 4.69) is 0 Å². The van der Waals surface area contributed by atoms with Crippen molar-refractivity contribution in [2.75, 3.05) is 0 Å². The van der Waals surface area contributed by atoms with Gasteiger partial charge in [0.2, 0.25) is 0 Å². The number of rotatable bonds is 3. The third-order valence-corrected chi connectivity index (χ3v) is 2.59. The molecule has 0 aliphatic heterocycles. The van der Waals surface area contributed by atoms with Crippen molar-refractivity contribution in [1.82, 2.24) is 0 Å². The van der Waals surface area contributed by atoms with Crippen molar-refractivity contribution in [3.8, 4) is 6.07 Å². The first-order chi connectivity index (χ1) is 7.42. The molecule has 0 unspecified atom stereocenters. The van der Waals surface area contributed by atoms with Gasteiger partial charge in [0, 0.05) is 10.9 Å². The van der Waals surface area contributed by atoms with Crippen molar-refractivity contribution >= 4 is 11.8 Å². The van der Waals surface area contributed by atoms with Gasteiger partial charge in [0.25, 0.3) is 0 Å². The van der Waals surface area contributed by atoms with Crippen LogP contribution in [-0.2, 0) is 0 Å². The highest BCUT2D eigenvalue weighted by Crippen LogP contribution is 2.36. The first kappa shape index (κ1) is 12.9. The number of halogens is 3. The molecule has 1 aromatic rings. The van der Waals surface area contributed by atoms with Crippen LogP contribution in [-0.4, -0.2) is 5.51 Å². The maximum Gasteiger partial charge on any atom is 0.446 e. The third kappa shape index (κ3) is 4.13. The molecule has 0 aromatic heterocycles. The number of thioether (sulfide) groups is 1. The van der Waals surface area contributed by atoms with Gasteiger partial charge in [0.05, 0.1) is 12.5 Å². The minimum atomic E-state index is -4.28. The second-order valence-electron chi connectivity index (χ2n) is 3.09. The van der Waals surface area contributed by atoms with E-state index in [1.807, 2.05) is 6.07 Å². The van der Waals surface area contributed by atoms with Crippen LogP contribution >= 0.6 is 11.8 Å². The van der Waals surface area contributed by atoms with E-state index in [1.54, 1.807) is 0 Å². The van der Waals surface area contributed by atoms with Crippen LogP contribution in [0.1, 0.15) is 18.0 Å². The Morgan fingerprint density at radius 3 is 2.31 bits per heavy atom. The molecule has 0 radical (unpaired) electrons. The summed E-state index contributed by atoms with van der Waals surface area (Å²) in [5.41, 5.74) is 2.01. The number of benzene rings is 1. The van der Waals surface area contributed by atoms with E-state index in [-0.39, 0.29) is 23.1 Å². The summed E-state index contributed by atoms with van der Waals surface area (Å²) in [5.74, 6) is 0. The minimum Gasteiger partial charge on any atom is -0.323 e. The van der Waals surface area contributed by atoms with Gasteiger partial charge in [-0.1, -0.05) is 12.1 Å². The molecule has 86 valence electrons. The maximum atomic E-state index is 12.0. The molecule has 1 aromatic carbocycles. The number of nitrogens with zero attached hydrogens (tertiary/aromatic N) is 1. The van der Waals surface area contributed by atoms with Crippen LogP contribution in [0.15, 0.2) is 29.2 Å². The highest BCUT2D eigenvalue weighted by atomic mass is 32.2. The molecule has 0 fully saturated rings. The average Bonchev–Trinajstić information content (AvgIpc) is 2.16. The highest BCUT2D eigenvalue weighted by Gasteiger charge is 2.29. The van der Waals surface area contributed by atoms with Crippen molar-refractivity contribution in [1.29, 1.82) is 5.26 Å². The van der Waals surface area contributed by atoms with Crippen molar-refractivity contribution in [3.63, 3.8) is 0 Å². The van der Waals surface area contributed by atoms with Crippen LogP contribution in [0, 0.1) is 11.3 Å². The lowest BCUT2D eigenvalue weighted by molar-refractivity contribution is -0.0328. The second kappa shape index (κ2) is 5.23. The molecule has 6 heteroatoms. The monoisotopic (exact) mass is 246 g/mol. The summed E-state index contributed by atoms with van der Waals surface area (Å²) < 4.78 is 36.0. The Balaban J connectivity index is 2.72. The van der Waals surface area contributed by atoms with Crippen molar-refractivity contribution < 1.29 is 13.2 Å². The van der Waals surface area contributed by atoms with Gasteiger partial charge in [-0.3, -0.25) is 0 Å². The van der Waals surface area contributed by atoms with Crippen LogP contribution in [0.4, 0.5) is 13.2 Å². The zero-order valence-electron chi connectivity index (χ0n) is 8.16. The van der Waals surface area contributed by atoms with Gasteiger partial charge in [-0.15, -0.1) is 0 Å². The molecule has 0 amide bonds. The number of hydrogen-bond acceptors (Lipinski definition) is 3. The number of alkyl halides is 3. The summed E-state index contributed by atoms with van der Waals surface area (Å²) in [5, 5.41) is 8.42. The molecule has 0 spiro atoms. The Kier molecular flexibility index (Phi) is 4.21. The SMILES string of the molecule is N#CC[C@H](N)c1ccc(SC(F)(F)F)cc1. The Morgan fingerprint density at radius 1 is 1.31 bits per heavy atom. The van der Waals surface area contributed by atoms with Gasteiger partial charge in [0.1, 0.15) is 0 Å². The predicted octanol–water partition coefficient (Wildman–Crippen LogP) is 3.21. The van der Waals surface area contributed by atoms with Crippen LogP contribution < -0.4 is 5.73 Å². The van der Waals surface area contributed by atoms with Crippen LogP contribution in [0.2, 0.25) is 0 Å². The summed E-state index contributed by atoms with van der Waals surface area (Å²) in [6.45, 7) is 0. The Hall–Kier alpha value is -1.19. The molecule has 0 bridgehead atoms. The second-order valence-corrected chi connectivity index (χ2v) is 4.22. The van der Waals surface area contributed by atoms with E-state index in [9.17, 15) is 13.2 Å². The number of hydrogen-bond donors (Lipinski definition) is 1. The lowest BCUT2D eigenvalue weighted by Gasteiger charge is -2.09. The van der Waals surface area contributed by atoms with E-state index in [0.717, 1.165) is 0 Å². The molecule has 1 atom stereocenters. The molecule has 16 heavy (non-hydrogen) atoms. The Bertz CT molecular complexity index is 381. The highest BCUT2D eigenvalue weighted by molar-refractivity contribution is 8.00. The lowest BCUT2D eigenvalue weighted by atomic mass is 10.1. The average molecular weight is 246 g/mol. The van der Waals surface area contributed by atoms with Crippen molar-refractivity contribution in [2.24, 2.45) is 5.73 Å². The maximum absolute atomic E-state index is 12.0. The Morgan fingerprint density at radius 2 is 1.88 bits per heavy atom. The topological polar surface area (TPSA) is 49.8 Å². The van der Waals surface area contributed by atoms with Crippen LogP contribution in [0.25, 0.3) is 0 Å². The van der Waals surface area contributed by atoms with Gasteiger partial charge < -0.3 is 5.73 Å². The first-order valence-electron chi connectivity index (χ1n) is 4.40. The zero-order valence-corrected chi connectivity index (χ0v) is 8.98. The van der Waals surface area contributed by atoms with Gasteiger partial charge in [-0.25, -0.2) is 0 Å². The molecule has 0 heterocycles. The molecular weight excluding hydrogens is 237 g/mol. The Labute approximate surface area is 95.2 Å². The van der Waals surface area contributed by atoms with Crippen molar-refractivity contribution in [2.45, 2.75) is 22.9 Å². The van der Waals surface area contributed by atoms with Crippen molar-refractivity contribution in [3.05, 3.63) is 29.8 Å². The first-order valence-corrected chi connectivity index (χ1v) is 5.22. The molecule has 2 N–H and O–H groups in total. The summed E-state index contributed by atoms with van der Waals surface area (Å²) in [6.07, 6.45) is 0.145. The summed E-state index contributed by atoms with van der Waals surface area (Å²) in [6, 6.07) is 7.18. The normalized spacial score (nSPS) is 13.2. The summed E-state index contributed by atoms with van der Waals surface area (Å²) >= 11 is -0.171. The quantitative estimate of drug-likeness (QED) is 0.833. The molecule has 0 saturated heterocycles. The van der Waals surface area contributed by atoms with Crippen LogP contribution in [0.5, 0.6) is 0 Å². The van der Waals surface area contributed by atoms with E-state index in [4.69, 9.17) is 11.0 Å². The van der Waals surface area contributed by atoms with E-state index >= 15 is 0 Å². The smallest absolute Gasteiger partial charge is 0.323 e. The molecule has 0 aliphatic rings. The molecule has 0 aliphatic carbocycles. The number of nitrogens with two attached hydrogens (primary N) is 1. The summed E-state index contributed by atoms with van der Waals surface area (Å²) in [7, 11) is 0. The molecule has 0 saturated carbocycles. The van der Waals surface area contributed by atoms with E-state index in [1.165, 1.54) is 24.3 Å². The van der Waals surface area contributed by atoms with E-state index < -0.39 is 11.6 Å². The van der Waals surface area contributed by atoms with Gasteiger partial charge in [-0.05, 0) is 29.5 Å². The minimum absolute atomic E-state index is 0.111. The van der Waals surface area contributed by atoms with E-state index in [0.29, 0.717) is 5.56 Å². The largest absolute Gasteiger partial charge is 0.446 e. The van der Waals surface area contributed by atoms with Gasteiger partial charge >= 0.3 is 5.51 Å². The number of nitriles is 1. The third-order valence-electron chi connectivity index (χ3n) is 1.85. The van der Waals surface area contributed by atoms with Gasteiger partial charge in [0.15, 0.2) is 0 Å². The predicted molar refractivity (Wildman–Crippen MR) is 55.5 cm³/mol. The fourth-order valence-corrected chi connectivity index (χ4v) is 1.67. The molecule has 2 nitrogen and oxygen atoms in total. The summed E-state index contributed by atoms with van der Waals surface area (Å²) in [4.78, 5) is 0.111. The fourth-order valence-electron chi connectivity index (χ4n) is 1.13. The standard InChI is InChI=1S/C10H9F3N2S/c11-10(12,13)16-8-3-1-7(2-4-8)9(15)5-6-14/h1-4,9H,5,15H2/t9-/m0/s1. The van der Waals surface area contributed by atoms with Crippen LogP contribution in [0.3, 0.4) is 0 Å².